The summed E-state index contributed by atoms with van der Waals surface area (Å²) >= 11 is 0. The Bertz CT molecular complexity index is 429. The van der Waals surface area contributed by atoms with Crippen LogP contribution in [0.4, 0.5) is 0 Å². The molecule has 1 aromatic carbocycles. The van der Waals surface area contributed by atoms with E-state index in [2.05, 4.69) is 18.3 Å². The van der Waals surface area contributed by atoms with Gasteiger partial charge in [-0.15, -0.1) is 0 Å². The number of hydrogen-bond donors (Lipinski definition) is 2. The summed E-state index contributed by atoms with van der Waals surface area (Å²) in [6, 6.07) is 6.28. The van der Waals surface area contributed by atoms with Gasteiger partial charge in [-0.3, -0.25) is 4.79 Å². The lowest BCUT2D eigenvalue weighted by Gasteiger charge is -2.16. The Morgan fingerprint density at radius 2 is 2.17 bits per heavy atom. The minimum atomic E-state index is 0.0324. The largest absolute Gasteiger partial charge is 0.349 e. The molecule has 2 rings (SSSR count). The molecule has 1 aliphatic rings. The monoisotopic (exact) mass is 246 g/mol. The van der Waals surface area contributed by atoms with Gasteiger partial charge in [-0.25, -0.2) is 0 Å². The summed E-state index contributed by atoms with van der Waals surface area (Å²) in [5.74, 6) is 0.0324. The maximum atomic E-state index is 12.1. The lowest BCUT2D eigenvalue weighted by molar-refractivity contribution is 0.0934. The lowest BCUT2D eigenvalue weighted by Crippen LogP contribution is -2.35. The first kappa shape index (κ1) is 13.1. The summed E-state index contributed by atoms with van der Waals surface area (Å²) in [6.07, 6.45) is 5.24. The lowest BCUT2D eigenvalue weighted by atomic mass is 10.0. The Hall–Kier alpha value is -1.35. The van der Waals surface area contributed by atoms with Crippen LogP contribution in [0.25, 0.3) is 0 Å². The Morgan fingerprint density at radius 3 is 2.89 bits per heavy atom. The maximum absolute atomic E-state index is 12.1. The maximum Gasteiger partial charge on any atom is 0.251 e. The van der Waals surface area contributed by atoms with E-state index < -0.39 is 0 Å². The molecule has 3 nitrogen and oxygen atoms in total. The van der Waals surface area contributed by atoms with Crippen LogP contribution in [-0.2, 0) is 12.8 Å². The van der Waals surface area contributed by atoms with Crippen molar-refractivity contribution in [2.24, 2.45) is 5.73 Å². The van der Waals surface area contributed by atoms with Crippen LogP contribution < -0.4 is 11.1 Å². The molecule has 1 aliphatic carbocycles. The number of aryl methyl sites for hydroxylation is 2. The molecule has 0 saturated heterocycles. The first-order valence-electron chi connectivity index (χ1n) is 6.87. The smallest absolute Gasteiger partial charge is 0.251 e. The summed E-state index contributed by atoms with van der Waals surface area (Å²) in [5, 5.41) is 3.06. The van der Waals surface area contributed by atoms with Crippen LogP contribution in [0, 0.1) is 0 Å². The highest BCUT2D eigenvalue weighted by molar-refractivity contribution is 5.94. The fourth-order valence-corrected chi connectivity index (χ4v) is 2.56. The number of rotatable bonds is 5. The molecule has 0 aliphatic heterocycles. The topological polar surface area (TPSA) is 55.1 Å². The molecular formula is C15H22N2O. The van der Waals surface area contributed by atoms with Crippen LogP contribution in [0.2, 0.25) is 0 Å². The van der Waals surface area contributed by atoms with Gasteiger partial charge >= 0.3 is 0 Å². The second kappa shape index (κ2) is 6.01. The third kappa shape index (κ3) is 2.91. The standard InChI is InChI=1S/C15H22N2O/c1-2-14(8-9-16)17-15(18)13-7-6-11-4-3-5-12(11)10-13/h6-7,10,14H,2-5,8-9,16H2,1H3,(H,17,18). The zero-order valence-corrected chi connectivity index (χ0v) is 11.0. The van der Waals surface area contributed by atoms with E-state index in [9.17, 15) is 4.79 Å². The second-order valence-electron chi connectivity index (χ2n) is 4.99. The number of carbonyl (C=O) groups is 1. The van der Waals surface area contributed by atoms with E-state index in [0.717, 1.165) is 31.2 Å². The van der Waals surface area contributed by atoms with Crippen molar-refractivity contribution in [3.63, 3.8) is 0 Å². The second-order valence-corrected chi connectivity index (χ2v) is 4.99. The highest BCUT2D eigenvalue weighted by Crippen LogP contribution is 2.22. The van der Waals surface area contributed by atoms with Crippen LogP contribution in [-0.4, -0.2) is 18.5 Å². The van der Waals surface area contributed by atoms with Crippen LogP contribution in [0.1, 0.15) is 47.7 Å². The van der Waals surface area contributed by atoms with Gasteiger partial charge in [0.25, 0.3) is 5.91 Å². The van der Waals surface area contributed by atoms with Crippen molar-refractivity contribution < 1.29 is 4.79 Å². The molecule has 0 radical (unpaired) electrons. The molecule has 1 atom stereocenters. The van der Waals surface area contributed by atoms with Crippen molar-refractivity contribution in [2.75, 3.05) is 6.54 Å². The van der Waals surface area contributed by atoms with Crippen molar-refractivity contribution in [1.29, 1.82) is 0 Å². The van der Waals surface area contributed by atoms with Gasteiger partial charge in [0.15, 0.2) is 0 Å². The minimum Gasteiger partial charge on any atom is -0.349 e. The fourth-order valence-electron chi connectivity index (χ4n) is 2.56. The summed E-state index contributed by atoms with van der Waals surface area (Å²) in [4.78, 5) is 12.1. The van der Waals surface area contributed by atoms with E-state index in [4.69, 9.17) is 5.73 Å². The van der Waals surface area contributed by atoms with Crippen molar-refractivity contribution >= 4 is 5.91 Å². The number of nitrogens with two attached hydrogens (primary N) is 1. The van der Waals surface area contributed by atoms with Crippen LogP contribution in [0.15, 0.2) is 18.2 Å². The number of hydrogen-bond acceptors (Lipinski definition) is 2. The molecule has 0 fully saturated rings. The van der Waals surface area contributed by atoms with Gasteiger partial charge in [0, 0.05) is 11.6 Å². The number of amides is 1. The van der Waals surface area contributed by atoms with E-state index in [1.54, 1.807) is 0 Å². The SMILES string of the molecule is CCC(CCN)NC(=O)c1ccc2c(c1)CCC2. The molecular weight excluding hydrogens is 224 g/mol. The third-order valence-electron chi connectivity index (χ3n) is 3.70. The molecule has 1 aromatic rings. The highest BCUT2D eigenvalue weighted by atomic mass is 16.1. The first-order valence-corrected chi connectivity index (χ1v) is 6.87. The van der Waals surface area contributed by atoms with Gasteiger partial charge in [-0.05, 0) is 61.9 Å². The van der Waals surface area contributed by atoms with Crippen molar-refractivity contribution in [3.8, 4) is 0 Å². The van der Waals surface area contributed by atoms with E-state index in [0.29, 0.717) is 6.54 Å². The van der Waals surface area contributed by atoms with Gasteiger partial charge in [0.2, 0.25) is 0 Å². The zero-order valence-electron chi connectivity index (χ0n) is 11.0. The van der Waals surface area contributed by atoms with Crippen molar-refractivity contribution in [3.05, 3.63) is 34.9 Å². The predicted octanol–water partition coefficient (Wildman–Crippen LogP) is 2.03. The minimum absolute atomic E-state index is 0.0324. The molecule has 0 heterocycles. The number of benzene rings is 1. The van der Waals surface area contributed by atoms with Gasteiger partial charge in [-0.2, -0.15) is 0 Å². The van der Waals surface area contributed by atoms with Crippen molar-refractivity contribution in [1.82, 2.24) is 5.32 Å². The van der Waals surface area contributed by atoms with Gasteiger partial charge in [-0.1, -0.05) is 13.0 Å². The van der Waals surface area contributed by atoms with E-state index in [-0.39, 0.29) is 11.9 Å². The quantitative estimate of drug-likeness (QED) is 0.835. The van der Waals surface area contributed by atoms with E-state index in [1.165, 1.54) is 17.5 Å². The Morgan fingerprint density at radius 1 is 1.39 bits per heavy atom. The van der Waals surface area contributed by atoms with Gasteiger partial charge < -0.3 is 11.1 Å². The Kier molecular flexibility index (Phi) is 4.37. The molecule has 0 aromatic heterocycles. The highest BCUT2D eigenvalue weighted by Gasteiger charge is 2.15. The zero-order chi connectivity index (χ0) is 13.0. The number of carbonyl (C=O) groups excluding carboxylic acids is 1. The molecule has 0 saturated carbocycles. The van der Waals surface area contributed by atoms with Crippen LogP contribution in [0.3, 0.4) is 0 Å². The Labute approximate surface area is 109 Å². The number of fused-ring (bicyclic) bond motifs is 1. The normalized spacial score (nSPS) is 15.2. The summed E-state index contributed by atoms with van der Waals surface area (Å²) in [5.41, 5.74) is 9.07. The molecule has 3 heteroatoms. The van der Waals surface area contributed by atoms with Crippen LogP contribution in [0.5, 0.6) is 0 Å². The molecule has 0 spiro atoms. The molecule has 98 valence electrons. The Balaban J connectivity index is 2.04. The average Bonchev–Trinajstić information content (AvgIpc) is 2.85. The third-order valence-corrected chi connectivity index (χ3v) is 3.70. The van der Waals surface area contributed by atoms with Gasteiger partial charge in [0.1, 0.15) is 0 Å². The predicted molar refractivity (Wildman–Crippen MR) is 73.7 cm³/mol. The van der Waals surface area contributed by atoms with Crippen molar-refractivity contribution in [2.45, 2.75) is 45.1 Å². The van der Waals surface area contributed by atoms with E-state index in [1.807, 2.05) is 12.1 Å². The molecule has 1 amide bonds. The first-order chi connectivity index (χ1) is 8.74. The number of nitrogens with one attached hydrogen (secondary N) is 1. The average molecular weight is 246 g/mol. The summed E-state index contributed by atoms with van der Waals surface area (Å²) in [6.45, 7) is 2.69. The molecule has 1 unspecified atom stereocenters. The summed E-state index contributed by atoms with van der Waals surface area (Å²) < 4.78 is 0. The summed E-state index contributed by atoms with van der Waals surface area (Å²) in [7, 11) is 0. The van der Waals surface area contributed by atoms with Gasteiger partial charge in [0.05, 0.1) is 0 Å². The molecule has 3 N–H and O–H groups in total. The van der Waals surface area contributed by atoms with Crippen LogP contribution >= 0.6 is 0 Å². The van der Waals surface area contributed by atoms with E-state index >= 15 is 0 Å². The fraction of sp³-hybridized carbons (Fsp3) is 0.533. The molecule has 18 heavy (non-hydrogen) atoms. The molecule has 0 bridgehead atoms.